The van der Waals surface area contributed by atoms with E-state index in [1.54, 1.807) is 17.7 Å². The molecule has 0 aliphatic carbocycles. The van der Waals surface area contributed by atoms with Gasteiger partial charge in [0.05, 0.1) is 17.5 Å². The minimum atomic E-state index is 0.108. The summed E-state index contributed by atoms with van der Waals surface area (Å²) in [6.45, 7) is 3.01. The Morgan fingerprint density at radius 3 is 2.92 bits per heavy atom. The van der Waals surface area contributed by atoms with Gasteiger partial charge in [0.15, 0.2) is 0 Å². The fourth-order valence-electron chi connectivity index (χ4n) is 3.26. The number of hydrogen-bond acceptors (Lipinski definition) is 5. The van der Waals surface area contributed by atoms with E-state index < -0.39 is 0 Å². The highest BCUT2D eigenvalue weighted by atomic mass is 32.1. The molecule has 124 valence electrons. The van der Waals surface area contributed by atoms with Crippen LogP contribution in [-0.2, 0) is 11.2 Å². The lowest BCUT2D eigenvalue weighted by atomic mass is 9.99. The zero-order valence-electron chi connectivity index (χ0n) is 13.7. The summed E-state index contributed by atoms with van der Waals surface area (Å²) in [5, 5.41) is 4.76. The summed E-state index contributed by atoms with van der Waals surface area (Å²) in [4.78, 5) is 11.3. The van der Waals surface area contributed by atoms with Crippen LogP contribution < -0.4 is 5.32 Å². The van der Waals surface area contributed by atoms with Crippen molar-refractivity contribution in [3.8, 4) is 0 Å². The molecule has 5 heteroatoms. The molecule has 3 aromatic rings. The number of fused-ring (bicyclic) bond motifs is 1. The average molecular weight is 339 g/mol. The summed E-state index contributed by atoms with van der Waals surface area (Å²) in [7, 11) is 0. The number of nitrogens with one attached hydrogen (secondary N) is 1. The molecule has 0 bridgehead atoms. The largest absolute Gasteiger partial charge is 0.376 e. The van der Waals surface area contributed by atoms with Crippen molar-refractivity contribution in [3.63, 3.8) is 0 Å². The van der Waals surface area contributed by atoms with Crippen molar-refractivity contribution in [1.29, 1.82) is 0 Å². The molecule has 0 spiro atoms. The van der Waals surface area contributed by atoms with E-state index in [4.69, 9.17) is 4.74 Å². The molecule has 1 aliphatic heterocycles. The first kappa shape index (κ1) is 15.5. The van der Waals surface area contributed by atoms with E-state index in [-0.39, 0.29) is 12.1 Å². The van der Waals surface area contributed by atoms with Crippen molar-refractivity contribution in [1.82, 2.24) is 9.97 Å². The van der Waals surface area contributed by atoms with Crippen molar-refractivity contribution < 1.29 is 4.74 Å². The quantitative estimate of drug-likeness (QED) is 0.739. The van der Waals surface area contributed by atoms with Crippen LogP contribution >= 0.6 is 11.3 Å². The molecule has 2 aromatic heterocycles. The standard InChI is InChI=1S/C19H21N3OS/c1-2-14-11-15-18(20-12-21-19(15)24-14)22-17(16-9-6-10-23-16)13-7-4-3-5-8-13/h3-5,7-8,11-12,16-17H,2,6,9-10H2,1H3,(H,20,21,22)/t16-,17+/m0/s1. The van der Waals surface area contributed by atoms with Crippen molar-refractivity contribution in [2.45, 2.75) is 38.3 Å². The number of rotatable bonds is 5. The Bertz CT molecular complexity index is 812. The number of nitrogens with zero attached hydrogens (tertiary/aromatic N) is 2. The molecular formula is C19H21N3OS. The van der Waals surface area contributed by atoms with Crippen LogP contribution in [0, 0.1) is 0 Å². The molecule has 1 saturated heterocycles. The Hall–Kier alpha value is -1.98. The third-order valence-electron chi connectivity index (χ3n) is 4.52. The first-order chi connectivity index (χ1) is 11.8. The van der Waals surface area contributed by atoms with Crippen LogP contribution in [0.4, 0.5) is 5.82 Å². The van der Waals surface area contributed by atoms with Crippen LogP contribution in [0.15, 0.2) is 42.7 Å². The van der Waals surface area contributed by atoms with Crippen molar-refractivity contribution in [2.75, 3.05) is 11.9 Å². The van der Waals surface area contributed by atoms with Gasteiger partial charge in [0.2, 0.25) is 0 Å². The van der Waals surface area contributed by atoms with Gasteiger partial charge in [-0.15, -0.1) is 11.3 Å². The zero-order valence-corrected chi connectivity index (χ0v) is 14.6. The number of anilines is 1. The number of aryl methyl sites for hydroxylation is 1. The highest BCUT2D eigenvalue weighted by Crippen LogP contribution is 2.34. The smallest absolute Gasteiger partial charge is 0.138 e. The summed E-state index contributed by atoms with van der Waals surface area (Å²) in [5.74, 6) is 0.903. The monoisotopic (exact) mass is 339 g/mol. The van der Waals surface area contributed by atoms with Gasteiger partial charge in [-0.3, -0.25) is 0 Å². The van der Waals surface area contributed by atoms with Gasteiger partial charge in [-0.1, -0.05) is 37.3 Å². The van der Waals surface area contributed by atoms with Crippen LogP contribution in [0.2, 0.25) is 0 Å². The van der Waals surface area contributed by atoms with Gasteiger partial charge in [0, 0.05) is 11.5 Å². The molecule has 0 amide bonds. The average Bonchev–Trinajstić information content (AvgIpc) is 3.30. The van der Waals surface area contributed by atoms with Crippen LogP contribution in [-0.4, -0.2) is 22.7 Å². The number of ether oxygens (including phenoxy) is 1. The van der Waals surface area contributed by atoms with Gasteiger partial charge in [-0.25, -0.2) is 9.97 Å². The Morgan fingerprint density at radius 2 is 2.17 bits per heavy atom. The Kier molecular flexibility index (Phi) is 4.45. The number of hydrogen-bond donors (Lipinski definition) is 1. The van der Waals surface area contributed by atoms with E-state index >= 15 is 0 Å². The first-order valence-corrected chi connectivity index (χ1v) is 9.33. The second-order valence-corrected chi connectivity index (χ2v) is 7.21. The molecule has 4 nitrogen and oxygen atoms in total. The molecule has 2 atom stereocenters. The Labute approximate surface area is 145 Å². The van der Waals surface area contributed by atoms with Crippen molar-refractivity contribution in [2.24, 2.45) is 0 Å². The van der Waals surface area contributed by atoms with E-state index in [0.717, 1.165) is 41.9 Å². The number of aromatic nitrogens is 2. The molecule has 1 fully saturated rings. The fourth-order valence-corrected chi connectivity index (χ4v) is 4.19. The summed E-state index contributed by atoms with van der Waals surface area (Å²) in [6, 6.07) is 12.8. The van der Waals surface area contributed by atoms with Gasteiger partial charge in [0.25, 0.3) is 0 Å². The van der Waals surface area contributed by atoms with Crippen molar-refractivity contribution >= 4 is 27.4 Å². The molecule has 0 saturated carbocycles. The van der Waals surface area contributed by atoms with Gasteiger partial charge >= 0.3 is 0 Å². The third kappa shape index (κ3) is 3.01. The molecule has 0 radical (unpaired) electrons. The van der Waals surface area contributed by atoms with Gasteiger partial charge < -0.3 is 10.1 Å². The molecular weight excluding hydrogens is 318 g/mol. The molecule has 1 aliphatic rings. The first-order valence-electron chi connectivity index (χ1n) is 8.51. The van der Waals surface area contributed by atoms with E-state index in [0.29, 0.717) is 0 Å². The van der Waals surface area contributed by atoms with Crippen LogP contribution in [0.25, 0.3) is 10.2 Å². The minimum absolute atomic E-state index is 0.108. The van der Waals surface area contributed by atoms with Crippen molar-refractivity contribution in [3.05, 3.63) is 53.2 Å². The zero-order chi connectivity index (χ0) is 16.4. The summed E-state index contributed by atoms with van der Waals surface area (Å²) in [6.07, 6.45) is 5.05. The lowest BCUT2D eigenvalue weighted by molar-refractivity contribution is 0.0953. The van der Waals surface area contributed by atoms with Crippen LogP contribution in [0.1, 0.15) is 36.2 Å². The highest BCUT2D eigenvalue weighted by molar-refractivity contribution is 7.18. The molecule has 3 heterocycles. The molecule has 1 N–H and O–H groups in total. The second-order valence-electron chi connectivity index (χ2n) is 6.09. The summed E-state index contributed by atoms with van der Waals surface area (Å²) < 4.78 is 5.98. The van der Waals surface area contributed by atoms with E-state index in [1.165, 1.54) is 10.4 Å². The fraction of sp³-hybridized carbons (Fsp3) is 0.368. The lowest BCUT2D eigenvalue weighted by Gasteiger charge is -2.25. The predicted octanol–water partition coefficient (Wildman–Crippen LogP) is 4.59. The topological polar surface area (TPSA) is 47.0 Å². The maximum atomic E-state index is 5.98. The van der Waals surface area contributed by atoms with E-state index in [9.17, 15) is 0 Å². The maximum Gasteiger partial charge on any atom is 0.138 e. The highest BCUT2D eigenvalue weighted by Gasteiger charge is 2.28. The minimum Gasteiger partial charge on any atom is -0.376 e. The lowest BCUT2D eigenvalue weighted by Crippen LogP contribution is -2.25. The van der Waals surface area contributed by atoms with E-state index in [2.05, 4.69) is 52.5 Å². The maximum absolute atomic E-state index is 5.98. The van der Waals surface area contributed by atoms with Gasteiger partial charge in [-0.2, -0.15) is 0 Å². The predicted molar refractivity (Wildman–Crippen MR) is 98.6 cm³/mol. The van der Waals surface area contributed by atoms with Gasteiger partial charge in [0.1, 0.15) is 17.0 Å². The van der Waals surface area contributed by atoms with E-state index in [1.807, 2.05) is 6.07 Å². The number of benzene rings is 1. The molecule has 0 unspecified atom stereocenters. The molecule has 4 rings (SSSR count). The SMILES string of the molecule is CCc1cc2c(N[C@H](c3ccccc3)[C@@H]3CCCO3)ncnc2s1. The molecule has 24 heavy (non-hydrogen) atoms. The van der Waals surface area contributed by atoms with Crippen LogP contribution in [0.3, 0.4) is 0 Å². The summed E-state index contributed by atoms with van der Waals surface area (Å²) in [5.41, 5.74) is 1.24. The van der Waals surface area contributed by atoms with Gasteiger partial charge in [-0.05, 0) is 30.9 Å². The Morgan fingerprint density at radius 1 is 1.29 bits per heavy atom. The summed E-state index contributed by atoms with van der Waals surface area (Å²) >= 11 is 1.74. The Balaban J connectivity index is 1.71. The van der Waals surface area contributed by atoms with Crippen LogP contribution in [0.5, 0.6) is 0 Å². The second kappa shape index (κ2) is 6.87. The normalized spacial score (nSPS) is 18.8. The third-order valence-corrected chi connectivity index (χ3v) is 5.70. The molecule has 1 aromatic carbocycles. The number of thiophene rings is 1.